The van der Waals surface area contributed by atoms with Crippen LogP contribution in [0.2, 0.25) is 0 Å². The van der Waals surface area contributed by atoms with Crippen LogP contribution in [0.4, 0.5) is 10.1 Å². The summed E-state index contributed by atoms with van der Waals surface area (Å²) in [6.07, 6.45) is 0.151. The summed E-state index contributed by atoms with van der Waals surface area (Å²) >= 11 is 3.08. The molecule has 2 rings (SSSR count). The molecule has 0 bridgehead atoms. The van der Waals surface area contributed by atoms with E-state index in [1.165, 1.54) is 11.0 Å². The average Bonchev–Trinajstić information content (AvgIpc) is 2.61. The fourth-order valence-corrected chi connectivity index (χ4v) is 2.62. The molecule has 1 amide bonds. The zero-order valence-electron chi connectivity index (χ0n) is 13.1. The van der Waals surface area contributed by atoms with Crippen LogP contribution >= 0.6 is 15.9 Å². The molecule has 0 fully saturated rings. The maximum atomic E-state index is 13.1. The number of halogens is 2. The first-order chi connectivity index (χ1) is 12.0. The Morgan fingerprint density at radius 2 is 1.92 bits per heavy atom. The second-order valence-electron chi connectivity index (χ2n) is 4.99. The molecule has 0 spiro atoms. The highest BCUT2D eigenvalue weighted by Crippen LogP contribution is 2.19. The molecule has 0 unspecified atom stereocenters. The molecule has 0 aliphatic carbocycles. The van der Waals surface area contributed by atoms with Gasteiger partial charge in [-0.1, -0.05) is 18.2 Å². The van der Waals surface area contributed by atoms with E-state index in [9.17, 15) is 14.0 Å². The summed E-state index contributed by atoms with van der Waals surface area (Å²) in [7, 11) is 0. The first kappa shape index (κ1) is 18.6. The second kappa shape index (κ2) is 8.94. The van der Waals surface area contributed by atoms with Crippen LogP contribution in [0.3, 0.4) is 0 Å². The highest BCUT2D eigenvalue weighted by Gasteiger charge is 2.19. The van der Waals surface area contributed by atoms with E-state index < -0.39 is 24.3 Å². The molecule has 128 valence electrons. The van der Waals surface area contributed by atoms with Gasteiger partial charge in [-0.25, -0.2) is 9.18 Å². The topological polar surface area (TPSA) is 70.4 Å². The van der Waals surface area contributed by atoms with E-state index in [-0.39, 0.29) is 23.0 Å². The lowest BCUT2D eigenvalue weighted by atomic mass is 10.2. The predicted molar refractivity (Wildman–Crippen MR) is 93.4 cm³/mol. The first-order valence-corrected chi connectivity index (χ1v) is 8.16. The zero-order chi connectivity index (χ0) is 18.2. The van der Waals surface area contributed by atoms with Gasteiger partial charge in [0.15, 0.2) is 6.61 Å². The van der Waals surface area contributed by atoms with Crippen molar-refractivity contribution < 1.29 is 18.7 Å². The summed E-state index contributed by atoms with van der Waals surface area (Å²) in [5, 5.41) is 8.75. The molecule has 25 heavy (non-hydrogen) atoms. The average molecular weight is 405 g/mol. The van der Waals surface area contributed by atoms with Crippen LogP contribution in [0.1, 0.15) is 16.8 Å². The monoisotopic (exact) mass is 404 g/mol. The van der Waals surface area contributed by atoms with Crippen molar-refractivity contribution in [1.82, 2.24) is 0 Å². The Balaban J connectivity index is 2.05. The van der Waals surface area contributed by atoms with E-state index in [4.69, 9.17) is 10.00 Å². The normalized spacial score (nSPS) is 9.96. The summed E-state index contributed by atoms with van der Waals surface area (Å²) in [4.78, 5) is 25.8. The standard InChI is InChI=1S/C18H14BrFN2O3/c19-16-11-13(20)7-8-15(16)18(24)25-12-17(23)22(10-4-9-21)14-5-2-1-3-6-14/h1-3,5-8,11H,4,10,12H2. The van der Waals surface area contributed by atoms with Crippen LogP contribution < -0.4 is 4.90 Å². The number of anilines is 1. The number of nitriles is 1. The van der Waals surface area contributed by atoms with E-state index in [0.29, 0.717) is 5.69 Å². The van der Waals surface area contributed by atoms with Gasteiger partial charge in [0.25, 0.3) is 5.91 Å². The molecule has 0 aliphatic rings. The summed E-state index contributed by atoms with van der Waals surface area (Å²) < 4.78 is 18.3. The highest BCUT2D eigenvalue weighted by atomic mass is 79.9. The minimum atomic E-state index is -0.742. The molecular formula is C18H14BrFN2O3. The molecule has 0 N–H and O–H groups in total. The summed E-state index contributed by atoms with van der Waals surface area (Å²) in [5.74, 6) is -1.69. The molecule has 0 saturated heterocycles. The largest absolute Gasteiger partial charge is 0.452 e. The minimum Gasteiger partial charge on any atom is -0.452 e. The third-order valence-corrected chi connectivity index (χ3v) is 3.95. The molecule has 0 aliphatic heterocycles. The molecule has 0 heterocycles. The maximum absolute atomic E-state index is 13.1. The molecular weight excluding hydrogens is 391 g/mol. The lowest BCUT2D eigenvalue weighted by Gasteiger charge is -2.21. The molecule has 0 atom stereocenters. The van der Waals surface area contributed by atoms with Gasteiger partial charge in [-0.05, 0) is 46.3 Å². The van der Waals surface area contributed by atoms with Crippen molar-refractivity contribution in [2.75, 3.05) is 18.1 Å². The lowest BCUT2D eigenvalue weighted by Crippen LogP contribution is -2.35. The number of carbonyl (C=O) groups is 2. The van der Waals surface area contributed by atoms with Gasteiger partial charge in [0.1, 0.15) is 5.82 Å². The van der Waals surface area contributed by atoms with Crippen LogP contribution in [-0.2, 0) is 9.53 Å². The van der Waals surface area contributed by atoms with Gasteiger partial charge < -0.3 is 9.64 Å². The van der Waals surface area contributed by atoms with E-state index in [1.54, 1.807) is 24.3 Å². The Hall–Kier alpha value is -2.72. The van der Waals surface area contributed by atoms with Gasteiger partial charge in [0, 0.05) is 16.7 Å². The van der Waals surface area contributed by atoms with Crippen LogP contribution in [0, 0.1) is 17.1 Å². The number of hydrogen-bond donors (Lipinski definition) is 0. The van der Waals surface area contributed by atoms with E-state index in [1.807, 2.05) is 12.1 Å². The molecule has 2 aromatic carbocycles. The summed E-state index contributed by atoms with van der Waals surface area (Å²) in [5.41, 5.74) is 0.735. The zero-order valence-corrected chi connectivity index (χ0v) is 14.7. The molecule has 0 radical (unpaired) electrons. The number of ether oxygens (including phenoxy) is 1. The number of benzene rings is 2. The van der Waals surface area contributed by atoms with Crippen molar-refractivity contribution in [2.24, 2.45) is 0 Å². The summed E-state index contributed by atoms with van der Waals surface area (Å²) in [6.45, 7) is -0.292. The van der Waals surface area contributed by atoms with Crippen molar-refractivity contribution in [3.05, 3.63) is 64.4 Å². The third kappa shape index (κ3) is 5.13. The number of para-hydroxylation sites is 1. The van der Waals surface area contributed by atoms with Gasteiger partial charge in [0.2, 0.25) is 0 Å². The van der Waals surface area contributed by atoms with Gasteiger partial charge in [0.05, 0.1) is 18.1 Å². The van der Waals surface area contributed by atoms with E-state index >= 15 is 0 Å². The van der Waals surface area contributed by atoms with Crippen LogP contribution in [-0.4, -0.2) is 25.0 Å². The molecule has 0 aromatic heterocycles. The van der Waals surface area contributed by atoms with Crippen molar-refractivity contribution in [3.8, 4) is 6.07 Å². The Morgan fingerprint density at radius 3 is 2.56 bits per heavy atom. The van der Waals surface area contributed by atoms with Crippen molar-refractivity contribution in [3.63, 3.8) is 0 Å². The van der Waals surface area contributed by atoms with Gasteiger partial charge in [-0.2, -0.15) is 5.26 Å². The predicted octanol–water partition coefficient (Wildman–Crippen LogP) is 3.69. The number of nitrogens with zero attached hydrogens (tertiary/aromatic N) is 2. The highest BCUT2D eigenvalue weighted by molar-refractivity contribution is 9.10. The Labute approximate surface area is 152 Å². The maximum Gasteiger partial charge on any atom is 0.339 e. The van der Waals surface area contributed by atoms with Crippen molar-refractivity contribution in [2.45, 2.75) is 6.42 Å². The van der Waals surface area contributed by atoms with Crippen LogP contribution in [0.15, 0.2) is 53.0 Å². The number of hydrogen-bond acceptors (Lipinski definition) is 4. The molecule has 7 heteroatoms. The minimum absolute atomic E-state index is 0.123. The SMILES string of the molecule is N#CCCN(C(=O)COC(=O)c1ccc(F)cc1Br)c1ccccc1. The molecule has 5 nitrogen and oxygen atoms in total. The second-order valence-corrected chi connectivity index (χ2v) is 5.84. The fourth-order valence-electron chi connectivity index (χ4n) is 2.11. The number of carbonyl (C=O) groups excluding carboxylic acids is 2. The quantitative estimate of drug-likeness (QED) is 0.688. The van der Waals surface area contributed by atoms with Gasteiger partial charge in [-0.15, -0.1) is 0 Å². The van der Waals surface area contributed by atoms with Crippen molar-refractivity contribution in [1.29, 1.82) is 5.26 Å². The fraction of sp³-hybridized carbons (Fsp3) is 0.167. The van der Waals surface area contributed by atoms with E-state index in [0.717, 1.165) is 12.1 Å². The van der Waals surface area contributed by atoms with Crippen LogP contribution in [0.25, 0.3) is 0 Å². The Morgan fingerprint density at radius 1 is 1.20 bits per heavy atom. The van der Waals surface area contributed by atoms with Gasteiger partial charge in [-0.3, -0.25) is 4.79 Å². The molecule has 0 saturated carbocycles. The lowest BCUT2D eigenvalue weighted by molar-refractivity contribution is -0.121. The molecule has 2 aromatic rings. The Kier molecular flexibility index (Phi) is 6.66. The number of rotatable bonds is 6. The Bertz CT molecular complexity index is 806. The van der Waals surface area contributed by atoms with Crippen molar-refractivity contribution >= 4 is 33.5 Å². The van der Waals surface area contributed by atoms with E-state index in [2.05, 4.69) is 15.9 Å². The van der Waals surface area contributed by atoms with Crippen LogP contribution in [0.5, 0.6) is 0 Å². The third-order valence-electron chi connectivity index (χ3n) is 3.29. The summed E-state index contributed by atoms with van der Waals surface area (Å²) in [6, 6.07) is 14.3. The number of esters is 1. The first-order valence-electron chi connectivity index (χ1n) is 7.37. The smallest absolute Gasteiger partial charge is 0.339 e. The van der Waals surface area contributed by atoms with Gasteiger partial charge >= 0.3 is 5.97 Å². The number of amides is 1.